The molecule has 0 saturated heterocycles. The molecule has 0 spiro atoms. The Morgan fingerprint density at radius 1 is 1.32 bits per heavy atom. The zero-order valence-electron chi connectivity index (χ0n) is 12.9. The van der Waals surface area contributed by atoms with Crippen LogP contribution in [0.15, 0.2) is 21.8 Å². The molecule has 1 N–H and O–H groups in total. The van der Waals surface area contributed by atoms with Crippen molar-refractivity contribution in [2.24, 2.45) is 0 Å². The maximum atomic E-state index is 12.4. The molecule has 22 heavy (non-hydrogen) atoms. The molecule has 0 aromatic carbocycles. The normalized spacial score (nSPS) is 11.9. The molecule has 1 aromatic heterocycles. The summed E-state index contributed by atoms with van der Waals surface area (Å²) in [7, 11) is -1.05. The van der Waals surface area contributed by atoms with Gasteiger partial charge in [-0.1, -0.05) is 0 Å². The number of carboxylic acids is 1. The van der Waals surface area contributed by atoms with E-state index in [-0.39, 0.29) is 29.7 Å². The van der Waals surface area contributed by atoms with Crippen LogP contribution < -0.4 is 0 Å². The van der Waals surface area contributed by atoms with Crippen molar-refractivity contribution in [2.45, 2.75) is 31.4 Å². The molecule has 0 radical (unpaired) electrons. The number of sulfonamides is 1. The number of carbonyl (C=O) groups excluding carboxylic acids is 1. The standard InChI is InChI=1S/C13H20N2O6S/c1-9(2)15(6-5-11(16)17)13(18)10-7-12(21-8-10)22(19,20)14(3)4/h7-9H,5-6H2,1-4H3,(H,16,17). The van der Waals surface area contributed by atoms with Crippen LogP contribution in [0.3, 0.4) is 0 Å². The van der Waals surface area contributed by atoms with Crippen LogP contribution in [0.5, 0.6) is 0 Å². The highest BCUT2D eigenvalue weighted by Gasteiger charge is 2.26. The van der Waals surface area contributed by atoms with Gasteiger partial charge in [-0.15, -0.1) is 0 Å². The lowest BCUT2D eigenvalue weighted by Crippen LogP contribution is -2.38. The highest BCUT2D eigenvalue weighted by molar-refractivity contribution is 7.88. The highest BCUT2D eigenvalue weighted by Crippen LogP contribution is 2.19. The van der Waals surface area contributed by atoms with E-state index in [1.165, 1.54) is 19.0 Å². The molecule has 0 fully saturated rings. The summed E-state index contributed by atoms with van der Waals surface area (Å²) in [6.07, 6.45) is 0.874. The fraction of sp³-hybridized carbons (Fsp3) is 0.538. The fourth-order valence-electron chi connectivity index (χ4n) is 1.72. The summed E-state index contributed by atoms with van der Waals surface area (Å²) in [5.74, 6) is -1.48. The second kappa shape index (κ2) is 6.93. The first-order valence-corrected chi connectivity index (χ1v) is 8.05. The molecule has 8 nitrogen and oxygen atoms in total. The smallest absolute Gasteiger partial charge is 0.305 e. The molecule has 1 heterocycles. The Hall–Kier alpha value is -1.87. The van der Waals surface area contributed by atoms with Gasteiger partial charge in [0.25, 0.3) is 15.9 Å². The first-order chi connectivity index (χ1) is 10.1. The van der Waals surface area contributed by atoms with Gasteiger partial charge in [-0.2, -0.15) is 0 Å². The zero-order chi connectivity index (χ0) is 17.1. The van der Waals surface area contributed by atoms with Crippen LogP contribution in [-0.2, 0) is 14.8 Å². The van der Waals surface area contributed by atoms with Crippen molar-refractivity contribution in [1.29, 1.82) is 0 Å². The van der Waals surface area contributed by atoms with Gasteiger partial charge in [0, 0.05) is 32.7 Å². The van der Waals surface area contributed by atoms with Gasteiger partial charge in [-0.05, 0) is 13.8 Å². The van der Waals surface area contributed by atoms with E-state index in [4.69, 9.17) is 9.52 Å². The molecular formula is C13H20N2O6S. The van der Waals surface area contributed by atoms with Crippen molar-refractivity contribution in [3.8, 4) is 0 Å². The molecule has 1 amide bonds. The molecular weight excluding hydrogens is 312 g/mol. The second-order valence-corrected chi connectivity index (χ2v) is 7.26. The van der Waals surface area contributed by atoms with Crippen LogP contribution in [0.2, 0.25) is 0 Å². The molecule has 0 aliphatic rings. The molecule has 1 rings (SSSR count). The van der Waals surface area contributed by atoms with Crippen molar-refractivity contribution in [3.05, 3.63) is 17.9 Å². The Morgan fingerprint density at radius 2 is 1.91 bits per heavy atom. The first-order valence-electron chi connectivity index (χ1n) is 6.61. The van der Waals surface area contributed by atoms with Crippen LogP contribution in [0, 0.1) is 0 Å². The summed E-state index contributed by atoms with van der Waals surface area (Å²) in [6, 6.07) is 0.920. The summed E-state index contributed by atoms with van der Waals surface area (Å²) in [5.41, 5.74) is 0.0690. The Balaban J connectivity index is 3.02. The predicted octanol–water partition coefficient (Wildman–Crippen LogP) is 0.855. The monoisotopic (exact) mass is 332 g/mol. The number of carbonyl (C=O) groups is 2. The van der Waals surface area contributed by atoms with Crippen LogP contribution in [-0.4, -0.2) is 61.3 Å². The van der Waals surface area contributed by atoms with Crippen LogP contribution >= 0.6 is 0 Å². The zero-order valence-corrected chi connectivity index (χ0v) is 13.8. The average molecular weight is 332 g/mol. The van der Waals surface area contributed by atoms with Crippen molar-refractivity contribution >= 4 is 21.9 Å². The number of carboxylic acid groups (broad SMARTS) is 1. The number of rotatable bonds is 7. The van der Waals surface area contributed by atoms with Gasteiger partial charge in [-0.3, -0.25) is 9.59 Å². The van der Waals surface area contributed by atoms with Crippen molar-refractivity contribution in [1.82, 2.24) is 9.21 Å². The van der Waals surface area contributed by atoms with E-state index >= 15 is 0 Å². The third kappa shape index (κ3) is 4.08. The topological polar surface area (TPSA) is 108 Å². The molecule has 0 atom stereocenters. The molecule has 0 aliphatic heterocycles. The fourth-order valence-corrected chi connectivity index (χ4v) is 2.53. The Morgan fingerprint density at radius 3 is 2.36 bits per heavy atom. The molecule has 1 aromatic rings. The molecule has 0 unspecified atom stereocenters. The van der Waals surface area contributed by atoms with Gasteiger partial charge in [0.15, 0.2) is 0 Å². The minimum Gasteiger partial charge on any atom is -0.481 e. The number of hydrogen-bond donors (Lipinski definition) is 1. The van der Waals surface area contributed by atoms with Crippen LogP contribution in [0.25, 0.3) is 0 Å². The van der Waals surface area contributed by atoms with E-state index < -0.39 is 21.9 Å². The molecule has 0 bridgehead atoms. The first kappa shape index (κ1) is 18.2. The minimum atomic E-state index is -3.76. The van der Waals surface area contributed by atoms with Gasteiger partial charge < -0.3 is 14.4 Å². The molecule has 0 saturated carbocycles. The second-order valence-electron chi connectivity index (χ2n) is 5.18. The van der Waals surface area contributed by atoms with Gasteiger partial charge in [0.05, 0.1) is 12.0 Å². The number of aliphatic carboxylic acids is 1. The van der Waals surface area contributed by atoms with Crippen LogP contribution in [0.4, 0.5) is 0 Å². The molecule has 124 valence electrons. The lowest BCUT2D eigenvalue weighted by atomic mass is 10.2. The van der Waals surface area contributed by atoms with E-state index in [9.17, 15) is 18.0 Å². The van der Waals surface area contributed by atoms with E-state index in [1.807, 2.05) is 0 Å². The maximum Gasteiger partial charge on any atom is 0.305 e. The van der Waals surface area contributed by atoms with Crippen molar-refractivity contribution in [2.75, 3.05) is 20.6 Å². The summed E-state index contributed by atoms with van der Waals surface area (Å²) in [4.78, 5) is 24.4. The lowest BCUT2D eigenvalue weighted by Gasteiger charge is -2.25. The van der Waals surface area contributed by atoms with E-state index in [1.54, 1.807) is 13.8 Å². The summed E-state index contributed by atoms with van der Waals surface area (Å²) < 4.78 is 29.8. The predicted molar refractivity (Wildman–Crippen MR) is 78.0 cm³/mol. The van der Waals surface area contributed by atoms with E-state index in [0.717, 1.165) is 16.6 Å². The minimum absolute atomic E-state index is 0.0345. The quantitative estimate of drug-likeness (QED) is 0.793. The SMILES string of the molecule is CC(C)N(CCC(=O)O)C(=O)c1coc(S(=O)(=O)N(C)C)c1. The van der Waals surface area contributed by atoms with E-state index in [2.05, 4.69) is 0 Å². The number of nitrogens with zero attached hydrogens (tertiary/aromatic N) is 2. The van der Waals surface area contributed by atoms with Gasteiger partial charge in [0.1, 0.15) is 6.26 Å². The third-order valence-corrected chi connectivity index (χ3v) is 4.69. The van der Waals surface area contributed by atoms with Gasteiger partial charge in [-0.25, -0.2) is 12.7 Å². The molecule has 9 heteroatoms. The number of furan rings is 1. The summed E-state index contributed by atoms with van der Waals surface area (Å²) >= 11 is 0. The average Bonchev–Trinajstić information content (AvgIpc) is 2.87. The summed E-state index contributed by atoms with van der Waals surface area (Å²) in [6.45, 7) is 3.53. The van der Waals surface area contributed by atoms with Gasteiger partial charge in [0.2, 0.25) is 5.09 Å². The van der Waals surface area contributed by atoms with Crippen LogP contribution in [0.1, 0.15) is 30.6 Å². The Kier molecular flexibility index (Phi) is 5.72. The van der Waals surface area contributed by atoms with Gasteiger partial charge >= 0.3 is 5.97 Å². The maximum absolute atomic E-state index is 12.4. The van der Waals surface area contributed by atoms with Crippen molar-refractivity contribution < 1.29 is 27.5 Å². The third-order valence-electron chi connectivity index (χ3n) is 3.01. The van der Waals surface area contributed by atoms with E-state index in [0.29, 0.717) is 0 Å². The highest BCUT2D eigenvalue weighted by atomic mass is 32.2. The summed E-state index contributed by atoms with van der Waals surface area (Å²) in [5, 5.41) is 8.40. The number of hydrogen-bond acceptors (Lipinski definition) is 5. The molecule has 0 aliphatic carbocycles. The Bertz CT molecular complexity index is 647. The Labute approximate surface area is 129 Å². The largest absolute Gasteiger partial charge is 0.481 e. The number of amides is 1. The van der Waals surface area contributed by atoms with Crippen molar-refractivity contribution in [3.63, 3.8) is 0 Å². The lowest BCUT2D eigenvalue weighted by molar-refractivity contribution is -0.137.